The highest BCUT2D eigenvalue weighted by Crippen LogP contribution is 2.08. The molecule has 0 heteroatoms. The van der Waals surface area contributed by atoms with Crippen molar-refractivity contribution in [1.82, 2.24) is 0 Å². The summed E-state index contributed by atoms with van der Waals surface area (Å²) >= 11 is 0. The molecule has 1 aliphatic carbocycles. The topological polar surface area (TPSA) is 0 Å². The van der Waals surface area contributed by atoms with Crippen molar-refractivity contribution in [3.05, 3.63) is 12.2 Å². The van der Waals surface area contributed by atoms with E-state index in [9.17, 15) is 0 Å². The average molecular weight is 154 g/mol. The van der Waals surface area contributed by atoms with Gasteiger partial charge in [0, 0.05) is 0 Å². The Morgan fingerprint density at radius 1 is 0.818 bits per heavy atom. The standard InChI is InChI=1S/C6H10.C5H12/c1-2-4-6-5-3-1;1-5(2,3)4/h1-2H,3-6H2;1-4H3. The molecule has 0 aromatic carbocycles. The van der Waals surface area contributed by atoms with Crippen molar-refractivity contribution in [1.29, 1.82) is 0 Å². The van der Waals surface area contributed by atoms with E-state index in [4.69, 9.17) is 0 Å². The fourth-order valence-corrected chi connectivity index (χ4v) is 0.760. The van der Waals surface area contributed by atoms with E-state index in [1.165, 1.54) is 25.7 Å². The van der Waals surface area contributed by atoms with Crippen molar-refractivity contribution in [2.75, 3.05) is 0 Å². The lowest BCUT2D eigenvalue weighted by Crippen LogP contribution is -1.93. The quantitative estimate of drug-likeness (QED) is 0.459. The monoisotopic (exact) mass is 154 g/mol. The molecule has 0 bridgehead atoms. The first-order valence-electron chi connectivity index (χ1n) is 4.65. The van der Waals surface area contributed by atoms with E-state index in [0.717, 1.165) is 0 Å². The first kappa shape index (κ1) is 10.7. The molecule has 0 aromatic rings. The molecule has 0 aromatic heterocycles. The summed E-state index contributed by atoms with van der Waals surface area (Å²) in [4.78, 5) is 0. The highest BCUT2D eigenvalue weighted by molar-refractivity contribution is 4.85. The number of hydrogen-bond donors (Lipinski definition) is 0. The predicted octanol–water partition coefficient (Wildman–Crippen LogP) is 4.17. The summed E-state index contributed by atoms with van der Waals surface area (Å²) in [7, 11) is 0. The van der Waals surface area contributed by atoms with Crippen LogP contribution in [0.3, 0.4) is 0 Å². The van der Waals surface area contributed by atoms with E-state index >= 15 is 0 Å². The molecule has 0 atom stereocenters. The van der Waals surface area contributed by atoms with Crippen molar-refractivity contribution in [3.8, 4) is 0 Å². The summed E-state index contributed by atoms with van der Waals surface area (Å²) in [6.07, 6.45) is 10.0. The summed E-state index contributed by atoms with van der Waals surface area (Å²) in [6, 6.07) is 0. The maximum atomic E-state index is 2.27. The maximum absolute atomic E-state index is 2.27. The van der Waals surface area contributed by atoms with Crippen LogP contribution < -0.4 is 0 Å². The van der Waals surface area contributed by atoms with Gasteiger partial charge in [-0.25, -0.2) is 0 Å². The van der Waals surface area contributed by atoms with E-state index in [-0.39, 0.29) is 0 Å². The molecule has 0 N–H and O–H groups in total. The van der Waals surface area contributed by atoms with Crippen LogP contribution in [-0.4, -0.2) is 0 Å². The zero-order chi connectivity index (χ0) is 8.74. The van der Waals surface area contributed by atoms with Gasteiger partial charge in [-0.1, -0.05) is 39.8 Å². The Balaban J connectivity index is 0.000000187. The molecule has 0 saturated heterocycles. The first-order chi connectivity index (χ1) is 5.00. The van der Waals surface area contributed by atoms with Gasteiger partial charge in [-0.15, -0.1) is 0 Å². The Hall–Kier alpha value is -0.260. The minimum atomic E-state index is 0.500. The lowest BCUT2D eigenvalue weighted by atomic mass is 10.0. The van der Waals surface area contributed by atoms with Crippen LogP contribution in [0.1, 0.15) is 53.4 Å². The van der Waals surface area contributed by atoms with Crippen LogP contribution in [0.15, 0.2) is 12.2 Å². The van der Waals surface area contributed by atoms with Gasteiger partial charge >= 0.3 is 0 Å². The number of rotatable bonds is 0. The van der Waals surface area contributed by atoms with E-state index in [1.54, 1.807) is 0 Å². The Labute approximate surface area is 71.7 Å². The first-order valence-corrected chi connectivity index (χ1v) is 4.65. The fourth-order valence-electron chi connectivity index (χ4n) is 0.760. The third-order valence-corrected chi connectivity index (χ3v) is 1.16. The van der Waals surface area contributed by atoms with Crippen LogP contribution >= 0.6 is 0 Å². The molecule has 0 nitrogen and oxygen atoms in total. The molecule has 0 unspecified atom stereocenters. The third-order valence-electron chi connectivity index (χ3n) is 1.16. The minimum Gasteiger partial charge on any atom is -0.0885 e. The van der Waals surface area contributed by atoms with Crippen molar-refractivity contribution < 1.29 is 0 Å². The molecule has 0 spiro atoms. The van der Waals surface area contributed by atoms with E-state index in [2.05, 4.69) is 39.8 Å². The Morgan fingerprint density at radius 2 is 1.09 bits per heavy atom. The molecule has 11 heavy (non-hydrogen) atoms. The Morgan fingerprint density at radius 3 is 1.18 bits per heavy atom. The van der Waals surface area contributed by atoms with Crippen molar-refractivity contribution >= 4 is 0 Å². The lowest BCUT2D eigenvalue weighted by Gasteiger charge is -2.05. The van der Waals surface area contributed by atoms with Crippen LogP contribution in [0.4, 0.5) is 0 Å². The summed E-state index contributed by atoms with van der Waals surface area (Å²) in [6.45, 7) is 8.75. The molecule has 66 valence electrons. The van der Waals surface area contributed by atoms with Gasteiger partial charge in [0.1, 0.15) is 0 Å². The average Bonchev–Trinajstić information content (AvgIpc) is 1.88. The van der Waals surface area contributed by atoms with Crippen molar-refractivity contribution in [2.24, 2.45) is 5.41 Å². The second-order valence-corrected chi connectivity index (χ2v) is 4.76. The van der Waals surface area contributed by atoms with Crippen LogP contribution in [0.25, 0.3) is 0 Å². The summed E-state index contributed by atoms with van der Waals surface area (Å²) in [5.74, 6) is 0. The van der Waals surface area contributed by atoms with Gasteiger partial charge in [-0.3, -0.25) is 0 Å². The van der Waals surface area contributed by atoms with E-state index in [0.29, 0.717) is 5.41 Å². The molecule has 1 aliphatic rings. The second kappa shape index (κ2) is 5.40. The van der Waals surface area contributed by atoms with Crippen LogP contribution in [0.5, 0.6) is 0 Å². The van der Waals surface area contributed by atoms with Crippen molar-refractivity contribution in [2.45, 2.75) is 53.4 Å². The molecular weight excluding hydrogens is 132 g/mol. The minimum absolute atomic E-state index is 0.500. The van der Waals surface area contributed by atoms with Gasteiger partial charge in [0.05, 0.1) is 0 Å². The number of allylic oxidation sites excluding steroid dienone is 2. The van der Waals surface area contributed by atoms with Gasteiger partial charge < -0.3 is 0 Å². The van der Waals surface area contributed by atoms with Gasteiger partial charge in [0.15, 0.2) is 0 Å². The summed E-state index contributed by atoms with van der Waals surface area (Å²) < 4.78 is 0. The zero-order valence-corrected chi connectivity index (χ0v) is 8.48. The van der Waals surface area contributed by atoms with Gasteiger partial charge in [0.2, 0.25) is 0 Å². The van der Waals surface area contributed by atoms with E-state index < -0.39 is 0 Å². The maximum Gasteiger partial charge on any atom is -0.0351 e. The molecule has 0 aliphatic heterocycles. The Kier molecular flexibility index (Phi) is 5.27. The molecule has 0 fully saturated rings. The molecule has 0 saturated carbocycles. The normalized spacial score (nSPS) is 17.1. The molecular formula is C11H22. The van der Waals surface area contributed by atoms with Gasteiger partial charge in [-0.2, -0.15) is 0 Å². The Bertz CT molecular complexity index is 89.7. The smallest absolute Gasteiger partial charge is 0.0351 e. The molecule has 0 amide bonds. The SMILES string of the molecule is C1=CCCCC1.CC(C)(C)C. The number of hydrogen-bond acceptors (Lipinski definition) is 0. The zero-order valence-electron chi connectivity index (χ0n) is 8.48. The predicted molar refractivity (Wildman–Crippen MR) is 52.7 cm³/mol. The largest absolute Gasteiger partial charge is 0.0885 e. The van der Waals surface area contributed by atoms with E-state index in [1.807, 2.05) is 0 Å². The van der Waals surface area contributed by atoms with Gasteiger partial charge in [-0.05, 0) is 31.1 Å². The van der Waals surface area contributed by atoms with Gasteiger partial charge in [0.25, 0.3) is 0 Å². The summed E-state index contributed by atoms with van der Waals surface area (Å²) in [5, 5.41) is 0. The summed E-state index contributed by atoms with van der Waals surface area (Å²) in [5.41, 5.74) is 0.500. The molecule has 0 heterocycles. The highest BCUT2D eigenvalue weighted by atomic mass is 14.0. The van der Waals surface area contributed by atoms with Crippen LogP contribution in [0.2, 0.25) is 0 Å². The van der Waals surface area contributed by atoms with Crippen LogP contribution in [-0.2, 0) is 0 Å². The third kappa shape index (κ3) is 17.7. The molecule has 0 radical (unpaired) electrons. The lowest BCUT2D eigenvalue weighted by molar-refractivity contribution is 0.469. The molecule has 1 rings (SSSR count). The fraction of sp³-hybridized carbons (Fsp3) is 0.818. The van der Waals surface area contributed by atoms with Crippen LogP contribution in [0, 0.1) is 5.41 Å². The second-order valence-electron chi connectivity index (χ2n) is 4.76. The van der Waals surface area contributed by atoms with Crippen molar-refractivity contribution in [3.63, 3.8) is 0 Å². The highest BCUT2D eigenvalue weighted by Gasteiger charge is 1.95.